The average Bonchev–Trinajstić information content (AvgIpc) is 3.16. The molecule has 4 heterocycles. The van der Waals surface area contributed by atoms with Crippen LogP contribution in [0.3, 0.4) is 0 Å². The molecule has 0 aliphatic carbocycles. The molecule has 0 bridgehead atoms. The maximum atomic E-state index is 15.4. The van der Waals surface area contributed by atoms with Gasteiger partial charge < -0.3 is 113 Å². The van der Waals surface area contributed by atoms with E-state index in [-0.39, 0.29) is 51.1 Å². The molecule has 20 atom stereocenters. The zero-order valence-corrected chi connectivity index (χ0v) is 48.7. The number of aliphatic hydroxyl groups is 7. The SMILES string of the molecule is CC(=O)N[C@H]1[C@@H](O[C@H](C)[C@H](NC(=O)[C@@H](NC(=O)[C@@H]2CCCN2C(C)=O)[C@@H](C)O)C(=O)N[C@H](C(=O)N2CCC[C@H]2C(=O)N[C@@H](CC(C)C)C(=O)N[C@@H](CCCCN)C(N)=O)[C@@H](C)O[C@H]2O[C@H](CO)[C@H](O)[C@H](O)[C@H]2NC(C)=O)O[C@H](CO)[C@H](O)[C@@H]1O. The first-order valence-corrected chi connectivity index (χ1v) is 28.3. The van der Waals surface area contributed by atoms with E-state index in [1.165, 1.54) is 25.7 Å². The van der Waals surface area contributed by atoms with Crippen molar-refractivity contribution in [2.75, 3.05) is 32.8 Å². The fourth-order valence-corrected chi connectivity index (χ4v) is 10.6. The van der Waals surface area contributed by atoms with Gasteiger partial charge in [0.1, 0.15) is 91.0 Å². The first kappa shape index (κ1) is 70.7. The monoisotopic (exact) mass is 1200 g/mol. The molecule has 0 aromatic heterocycles. The van der Waals surface area contributed by atoms with E-state index in [4.69, 9.17) is 30.4 Å². The number of nitrogens with two attached hydrogens (primary N) is 2. The molecule has 4 aliphatic rings. The minimum absolute atomic E-state index is 0.00161. The van der Waals surface area contributed by atoms with E-state index in [9.17, 15) is 74.1 Å². The molecule has 0 radical (unpaired) electrons. The van der Waals surface area contributed by atoms with Gasteiger partial charge in [-0.15, -0.1) is 0 Å². The fraction of sp³-hybridized carbons (Fsp3) is 0.808. The molecule has 0 saturated carbocycles. The van der Waals surface area contributed by atoms with Crippen molar-refractivity contribution in [2.45, 2.75) is 229 Å². The number of likely N-dealkylation sites (tertiary alicyclic amines) is 2. The lowest BCUT2D eigenvalue weighted by atomic mass is 9.96. The van der Waals surface area contributed by atoms with E-state index in [2.05, 4.69) is 37.2 Å². The highest BCUT2D eigenvalue weighted by atomic mass is 16.7. The summed E-state index contributed by atoms with van der Waals surface area (Å²) in [6.07, 6.45) is -17.1. The normalized spacial score (nSPS) is 29.0. The largest absolute Gasteiger partial charge is 0.394 e. The maximum Gasteiger partial charge on any atom is 0.248 e. The summed E-state index contributed by atoms with van der Waals surface area (Å²) < 4.78 is 23.9. The zero-order valence-electron chi connectivity index (χ0n) is 48.7. The van der Waals surface area contributed by atoms with Crippen molar-refractivity contribution in [3.8, 4) is 0 Å². The minimum Gasteiger partial charge on any atom is -0.394 e. The predicted molar refractivity (Wildman–Crippen MR) is 290 cm³/mol. The van der Waals surface area contributed by atoms with Crippen LogP contribution >= 0.6 is 0 Å². The van der Waals surface area contributed by atoms with E-state index in [0.717, 1.165) is 25.7 Å². The summed E-state index contributed by atoms with van der Waals surface area (Å²) in [5, 5.41) is 92.4. The summed E-state index contributed by atoms with van der Waals surface area (Å²) in [7, 11) is 0. The third-order valence-electron chi connectivity index (χ3n) is 15.1. The molecule has 478 valence electrons. The Hall–Kier alpha value is -5.78. The predicted octanol–water partition coefficient (Wildman–Crippen LogP) is -7.85. The number of amides is 10. The third kappa shape index (κ3) is 18.9. The smallest absolute Gasteiger partial charge is 0.248 e. The Morgan fingerprint density at radius 1 is 0.595 bits per heavy atom. The van der Waals surface area contributed by atoms with Gasteiger partial charge in [-0.2, -0.15) is 0 Å². The quantitative estimate of drug-likeness (QED) is 0.0309. The van der Waals surface area contributed by atoms with Gasteiger partial charge in [-0.05, 0) is 84.6 Å². The highest BCUT2D eigenvalue weighted by Crippen LogP contribution is 2.28. The summed E-state index contributed by atoms with van der Waals surface area (Å²) in [6.45, 7) is 9.10. The molecule has 0 unspecified atom stereocenters. The molecule has 0 aromatic carbocycles. The van der Waals surface area contributed by atoms with E-state index in [0.29, 0.717) is 25.8 Å². The highest BCUT2D eigenvalue weighted by Gasteiger charge is 2.51. The van der Waals surface area contributed by atoms with Crippen molar-refractivity contribution in [3.63, 3.8) is 0 Å². The topological polar surface area (TPSA) is 492 Å². The van der Waals surface area contributed by atoms with Gasteiger partial charge in [-0.1, -0.05) is 13.8 Å². The molecule has 4 rings (SSSR count). The van der Waals surface area contributed by atoms with Crippen molar-refractivity contribution < 1.29 is 103 Å². The second kappa shape index (κ2) is 32.6. The molecule has 10 amide bonds. The van der Waals surface area contributed by atoms with Crippen LogP contribution < -0.4 is 48.7 Å². The number of hydrogen-bond acceptors (Lipinski definition) is 22. The van der Waals surface area contributed by atoms with Gasteiger partial charge in [0, 0.05) is 33.9 Å². The number of unbranched alkanes of at least 4 members (excludes halogenated alkanes) is 1. The molecule has 0 aromatic rings. The number of ether oxygens (including phenoxy) is 4. The summed E-state index contributed by atoms with van der Waals surface area (Å²) in [6, 6.07) is -13.9. The number of nitrogens with zero attached hydrogens (tertiary/aromatic N) is 2. The van der Waals surface area contributed by atoms with E-state index in [1.807, 2.05) is 0 Å². The Kier molecular flexibility index (Phi) is 27.5. The Balaban J connectivity index is 1.82. The molecule has 4 aliphatic heterocycles. The second-order valence-corrected chi connectivity index (χ2v) is 22.2. The van der Waals surface area contributed by atoms with E-state index < -0.39 is 194 Å². The van der Waals surface area contributed by atoms with Crippen molar-refractivity contribution in [1.29, 1.82) is 0 Å². The van der Waals surface area contributed by atoms with Crippen LogP contribution in [-0.2, 0) is 66.9 Å². The Labute approximate surface area is 486 Å². The van der Waals surface area contributed by atoms with Gasteiger partial charge in [-0.25, -0.2) is 0 Å². The van der Waals surface area contributed by atoms with Crippen LogP contribution in [0.2, 0.25) is 0 Å². The fourth-order valence-electron chi connectivity index (χ4n) is 10.6. The summed E-state index contributed by atoms with van der Waals surface area (Å²) in [4.78, 5) is 139. The summed E-state index contributed by atoms with van der Waals surface area (Å²) >= 11 is 0. The average molecular weight is 1200 g/mol. The molecular formula is C52H89N11O21. The van der Waals surface area contributed by atoms with Crippen LogP contribution in [0.1, 0.15) is 107 Å². The number of nitrogens with one attached hydrogen (secondary N) is 7. The minimum atomic E-state index is -2.09. The van der Waals surface area contributed by atoms with Crippen molar-refractivity contribution >= 4 is 59.1 Å². The number of primary amides is 1. The second-order valence-electron chi connectivity index (χ2n) is 22.2. The zero-order chi connectivity index (χ0) is 63.0. The molecule has 32 nitrogen and oxygen atoms in total. The van der Waals surface area contributed by atoms with Crippen LogP contribution in [0.25, 0.3) is 0 Å². The van der Waals surface area contributed by atoms with Gasteiger partial charge in [0.05, 0.1) is 31.5 Å². The van der Waals surface area contributed by atoms with Crippen molar-refractivity contribution in [2.24, 2.45) is 17.4 Å². The van der Waals surface area contributed by atoms with Crippen LogP contribution in [0.15, 0.2) is 0 Å². The van der Waals surface area contributed by atoms with Crippen molar-refractivity contribution in [1.82, 2.24) is 47.0 Å². The summed E-state index contributed by atoms with van der Waals surface area (Å²) in [5.41, 5.74) is 11.2. The van der Waals surface area contributed by atoms with Crippen molar-refractivity contribution in [3.05, 3.63) is 0 Å². The van der Waals surface area contributed by atoms with Gasteiger partial charge >= 0.3 is 0 Å². The van der Waals surface area contributed by atoms with Crippen LogP contribution in [-0.4, -0.2) is 259 Å². The molecule has 18 N–H and O–H groups in total. The number of aliphatic hydroxyl groups excluding tert-OH is 7. The van der Waals surface area contributed by atoms with E-state index in [1.54, 1.807) is 13.8 Å². The lowest BCUT2D eigenvalue weighted by Gasteiger charge is -2.44. The number of carbonyl (C=O) groups is 10. The molecule has 4 saturated heterocycles. The number of rotatable bonds is 29. The molecule has 84 heavy (non-hydrogen) atoms. The molecule has 4 fully saturated rings. The first-order chi connectivity index (χ1) is 39.5. The van der Waals surface area contributed by atoms with Crippen LogP contribution in [0.5, 0.6) is 0 Å². The van der Waals surface area contributed by atoms with Gasteiger partial charge in [0.15, 0.2) is 12.6 Å². The Bertz CT molecular complexity index is 2290. The third-order valence-corrected chi connectivity index (χ3v) is 15.1. The summed E-state index contributed by atoms with van der Waals surface area (Å²) in [5.74, 6) is -9.01. The standard InChI is InChI=1S/C52H89N11O21/c1-22(2)19-30(45(75)57-29(44(54)74)13-9-10-16-53)58-46(76)32-15-12-18-63(32)50(80)37(25(5)82-52-39(56-27(7)68)43(73)41(71)34(21-65)84-52)61-49(79)36(24(4)81-51-38(55-26(6)67)42(72)40(70)33(20-64)83-51)60-48(78)35(23(3)66)59-47(77)31-14-11-17-62(31)28(8)69/h22-25,29-43,51-52,64-66,70-73H,9-21,53H2,1-8H3,(H2,54,74)(H,55,67)(H,56,68)(H,57,75)(H,58,76)(H,59,77)(H,60,78)(H,61,79)/t23-,24-,25-,29+,30+,31+,32+,33-,34-,35+,36+,37+,38-,39-,40+,41+,42-,43-,51+,52+/m1/s1. The first-order valence-electron chi connectivity index (χ1n) is 28.3. The van der Waals surface area contributed by atoms with Gasteiger partial charge in [0.2, 0.25) is 59.1 Å². The molecule has 0 spiro atoms. The lowest BCUT2D eigenvalue weighted by Crippen LogP contribution is -2.68. The molecular weight excluding hydrogens is 1110 g/mol. The highest BCUT2D eigenvalue weighted by molar-refractivity contribution is 5.98. The van der Waals surface area contributed by atoms with Gasteiger partial charge in [0.25, 0.3) is 0 Å². The van der Waals surface area contributed by atoms with Crippen LogP contribution in [0, 0.1) is 5.92 Å². The lowest BCUT2D eigenvalue weighted by molar-refractivity contribution is -0.282. The number of carbonyl (C=O) groups excluding carboxylic acids is 10. The number of hydrogen-bond donors (Lipinski definition) is 16. The van der Waals surface area contributed by atoms with Gasteiger partial charge in [-0.3, -0.25) is 47.9 Å². The Morgan fingerprint density at radius 3 is 1.51 bits per heavy atom. The maximum absolute atomic E-state index is 15.4. The van der Waals surface area contributed by atoms with E-state index >= 15 is 9.59 Å². The molecule has 32 heteroatoms. The van der Waals surface area contributed by atoms with Crippen LogP contribution in [0.4, 0.5) is 0 Å². The Morgan fingerprint density at radius 2 is 1.06 bits per heavy atom.